The third kappa shape index (κ3) is 2.94. The number of piperidine rings is 1. The predicted molar refractivity (Wildman–Crippen MR) is 67.4 cm³/mol. The van der Waals surface area contributed by atoms with Crippen LogP contribution in [0.4, 0.5) is 0 Å². The molecule has 1 aliphatic heterocycles. The van der Waals surface area contributed by atoms with Crippen LogP contribution in [0.2, 0.25) is 0 Å². The molecule has 0 aromatic heterocycles. The van der Waals surface area contributed by atoms with Crippen molar-refractivity contribution in [2.75, 3.05) is 13.1 Å². The number of β-amino-alcohol motifs (C(OH)–C–C–N with tert-alkyl or cyclic N) is 1. The van der Waals surface area contributed by atoms with Crippen LogP contribution in [0.5, 0.6) is 0 Å². The molecule has 15 heavy (non-hydrogen) atoms. The van der Waals surface area contributed by atoms with Crippen molar-refractivity contribution in [1.29, 1.82) is 0 Å². The van der Waals surface area contributed by atoms with Gasteiger partial charge in [0.15, 0.2) is 0 Å². The summed E-state index contributed by atoms with van der Waals surface area (Å²) in [6.07, 6.45) is 1.88. The molecule has 1 aromatic rings. The number of aliphatic hydroxyl groups is 1. The molecule has 0 radical (unpaired) electrons. The average Bonchev–Trinajstić information content (AvgIpc) is 2.19. The lowest BCUT2D eigenvalue weighted by atomic mass is 9.87. The zero-order valence-corrected chi connectivity index (χ0v) is 10.8. The van der Waals surface area contributed by atoms with Crippen molar-refractivity contribution in [3.8, 4) is 0 Å². The molecule has 4 heteroatoms. The zero-order chi connectivity index (χ0) is 10.0. The van der Waals surface area contributed by atoms with Gasteiger partial charge in [-0.3, -0.25) is 0 Å². The van der Waals surface area contributed by atoms with Crippen LogP contribution < -0.4 is 5.32 Å². The van der Waals surface area contributed by atoms with Gasteiger partial charge in [-0.05, 0) is 37.1 Å². The molecule has 1 aliphatic rings. The third-order valence-corrected chi connectivity index (χ3v) is 3.27. The monoisotopic (exact) mass is 291 g/mol. The van der Waals surface area contributed by atoms with Gasteiger partial charge in [0.1, 0.15) is 5.60 Å². The van der Waals surface area contributed by atoms with Crippen molar-refractivity contribution >= 4 is 28.3 Å². The van der Waals surface area contributed by atoms with Crippen LogP contribution in [0, 0.1) is 0 Å². The minimum absolute atomic E-state index is 0. The summed E-state index contributed by atoms with van der Waals surface area (Å²) >= 11 is 3.39. The van der Waals surface area contributed by atoms with Crippen LogP contribution in [0.15, 0.2) is 28.7 Å². The van der Waals surface area contributed by atoms with Gasteiger partial charge in [-0.1, -0.05) is 28.1 Å². The second kappa shape index (κ2) is 5.30. The van der Waals surface area contributed by atoms with Gasteiger partial charge in [-0.2, -0.15) is 0 Å². The molecule has 0 bridgehead atoms. The fourth-order valence-electron chi connectivity index (χ4n) is 1.90. The van der Waals surface area contributed by atoms with Crippen molar-refractivity contribution in [3.05, 3.63) is 34.3 Å². The Labute approximate surface area is 105 Å². The average molecular weight is 293 g/mol. The van der Waals surface area contributed by atoms with Crippen LogP contribution >= 0.6 is 28.3 Å². The van der Waals surface area contributed by atoms with Crippen molar-refractivity contribution in [1.82, 2.24) is 5.32 Å². The number of hydrogen-bond donors (Lipinski definition) is 2. The maximum absolute atomic E-state index is 10.4. The highest BCUT2D eigenvalue weighted by molar-refractivity contribution is 9.10. The minimum atomic E-state index is -0.668. The molecule has 1 saturated heterocycles. The molecule has 2 nitrogen and oxygen atoms in total. The number of benzene rings is 1. The normalized spacial score (nSPS) is 25.7. The van der Waals surface area contributed by atoms with E-state index in [1.165, 1.54) is 0 Å². The molecule has 1 aromatic carbocycles. The van der Waals surface area contributed by atoms with Crippen LogP contribution in [0.25, 0.3) is 0 Å². The Morgan fingerprint density at radius 1 is 1.27 bits per heavy atom. The number of nitrogens with one attached hydrogen (secondary N) is 1. The summed E-state index contributed by atoms with van der Waals surface area (Å²) in [6.45, 7) is 1.67. The molecule has 0 aliphatic carbocycles. The number of halogens is 2. The first kappa shape index (κ1) is 13.0. The molecule has 0 spiro atoms. The molecule has 1 fully saturated rings. The summed E-state index contributed by atoms with van der Waals surface area (Å²) in [4.78, 5) is 0. The Bertz CT molecular complexity index is 309. The predicted octanol–water partition coefficient (Wildman–Crippen LogP) is 2.44. The van der Waals surface area contributed by atoms with Crippen LogP contribution in [-0.4, -0.2) is 18.2 Å². The third-order valence-electron chi connectivity index (χ3n) is 2.74. The summed E-state index contributed by atoms with van der Waals surface area (Å²) in [5.41, 5.74) is 0.340. The van der Waals surface area contributed by atoms with Gasteiger partial charge in [-0.25, -0.2) is 0 Å². The van der Waals surface area contributed by atoms with Crippen LogP contribution in [-0.2, 0) is 5.60 Å². The Morgan fingerprint density at radius 2 is 1.93 bits per heavy atom. The minimum Gasteiger partial charge on any atom is -0.384 e. The lowest BCUT2D eigenvalue weighted by Crippen LogP contribution is -2.43. The van der Waals surface area contributed by atoms with E-state index in [-0.39, 0.29) is 12.4 Å². The van der Waals surface area contributed by atoms with E-state index in [1.807, 2.05) is 24.3 Å². The molecule has 1 atom stereocenters. The van der Waals surface area contributed by atoms with Crippen LogP contribution in [0.3, 0.4) is 0 Å². The first-order valence-electron chi connectivity index (χ1n) is 4.90. The molecule has 84 valence electrons. The summed E-state index contributed by atoms with van der Waals surface area (Å²) in [5.74, 6) is 0. The second-order valence-electron chi connectivity index (χ2n) is 3.82. The van der Waals surface area contributed by atoms with E-state index in [4.69, 9.17) is 0 Å². The second-order valence-corrected chi connectivity index (χ2v) is 4.73. The van der Waals surface area contributed by atoms with E-state index >= 15 is 0 Å². The molecule has 2 N–H and O–H groups in total. The quantitative estimate of drug-likeness (QED) is 0.833. The fourth-order valence-corrected chi connectivity index (χ4v) is 2.16. The molecule has 1 unspecified atom stereocenters. The highest BCUT2D eigenvalue weighted by Crippen LogP contribution is 2.28. The molecule has 2 rings (SSSR count). The van der Waals surface area contributed by atoms with Gasteiger partial charge in [-0.15, -0.1) is 12.4 Å². The highest BCUT2D eigenvalue weighted by Gasteiger charge is 2.30. The maximum Gasteiger partial charge on any atom is 0.102 e. The topological polar surface area (TPSA) is 32.3 Å². The Hall–Kier alpha value is -0.0900. The van der Waals surface area contributed by atoms with Gasteiger partial charge in [0.05, 0.1) is 0 Å². The van der Waals surface area contributed by atoms with Gasteiger partial charge in [0, 0.05) is 11.0 Å². The van der Waals surface area contributed by atoms with Gasteiger partial charge in [0.25, 0.3) is 0 Å². The lowest BCUT2D eigenvalue weighted by Gasteiger charge is -2.33. The van der Waals surface area contributed by atoms with E-state index in [2.05, 4.69) is 21.2 Å². The Kier molecular flexibility index (Phi) is 4.59. The van der Waals surface area contributed by atoms with E-state index in [1.54, 1.807) is 0 Å². The molecular weight excluding hydrogens is 277 g/mol. The summed E-state index contributed by atoms with van der Waals surface area (Å²) in [6, 6.07) is 7.91. The Morgan fingerprint density at radius 3 is 2.47 bits per heavy atom. The zero-order valence-electron chi connectivity index (χ0n) is 8.37. The summed E-state index contributed by atoms with van der Waals surface area (Å²) in [5, 5.41) is 13.6. The number of rotatable bonds is 1. The van der Waals surface area contributed by atoms with Crippen molar-refractivity contribution in [3.63, 3.8) is 0 Å². The van der Waals surface area contributed by atoms with E-state index in [0.29, 0.717) is 6.54 Å². The smallest absolute Gasteiger partial charge is 0.102 e. The maximum atomic E-state index is 10.4. The molecular formula is C11H15BrClNO. The summed E-state index contributed by atoms with van der Waals surface area (Å²) in [7, 11) is 0. The lowest BCUT2D eigenvalue weighted by molar-refractivity contribution is 0.0123. The largest absolute Gasteiger partial charge is 0.384 e. The van der Waals surface area contributed by atoms with Gasteiger partial charge >= 0.3 is 0 Å². The van der Waals surface area contributed by atoms with E-state index in [0.717, 1.165) is 29.4 Å². The van der Waals surface area contributed by atoms with Crippen molar-refractivity contribution in [2.24, 2.45) is 0 Å². The summed E-state index contributed by atoms with van der Waals surface area (Å²) < 4.78 is 1.05. The highest BCUT2D eigenvalue weighted by atomic mass is 79.9. The van der Waals surface area contributed by atoms with Crippen molar-refractivity contribution in [2.45, 2.75) is 18.4 Å². The molecule has 1 heterocycles. The molecule has 0 saturated carbocycles. The SMILES string of the molecule is Cl.OC1(c2ccc(Br)cc2)CCCNC1. The fraction of sp³-hybridized carbons (Fsp3) is 0.455. The first-order chi connectivity index (χ1) is 6.71. The van der Waals surface area contributed by atoms with E-state index < -0.39 is 5.60 Å². The molecule has 0 amide bonds. The Balaban J connectivity index is 0.00000112. The van der Waals surface area contributed by atoms with E-state index in [9.17, 15) is 5.11 Å². The van der Waals surface area contributed by atoms with Gasteiger partial charge in [0.2, 0.25) is 0 Å². The van der Waals surface area contributed by atoms with Gasteiger partial charge < -0.3 is 10.4 Å². The first-order valence-corrected chi connectivity index (χ1v) is 5.69. The van der Waals surface area contributed by atoms with Crippen LogP contribution in [0.1, 0.15) is 18.4 Å². The standard InChI is InChI=1S/C11H14BrNO.ClH/c12-10-4-2-9(3-5-10)11(14)6-1-7-13-8-11;/h2-5,13-14H,1,6-8H2;1H. The number of hydrogen-bond acceptors (Lipinski definition) is 2. The van der Waals surface area contributed by atoms with Crippen molar-refractivity contribution < 1.29 is 5.11 Å².